The number of aromatic nitrogens is 2. The molecule has 0 spiro atoms. The fraction of sp³-hybridized carbons (Fsp3) is 0.467. The molecule has 21 heavy (non-hydrogen) atoms. The van der Waals surface area contributed by atoms with Gasteiger partial charge in [-0.3, -0.25) is 0 Å². The summed E-state index contributed by atoms with van der Waals surface area (Å²) in [6.07, 6.45) is 2.29. The summed E-state index contributed by atoms with van der Waals surface area (Å²) in [5.74, 6) is 2.57. The summed E-state index contributed by atoms with van der Waals surface area (Å²) in [6.45, 7) is 3.97. The molecular weight excluding hydrogens is 290 g/mol. The van der Waals surface area contributed by atoms with E-state index in [-0.39, 0.29) is 0 Å². The number of ether oxygens (including phenoxy) is 1. The molecule has 0 amide bonds. The molecule has 3 rings (SSSR count). The molecule has 0 saturated heterocycles. The fourth-order valence-electron chi connectivity index (χ4n) is 2.05. The fourth-order valence-corrected chi connectivity index (χ4v) is 2.25. The molecule has 5 nitrogen and oxygen atoms in total. The van der Waals surface area contributed by atoms with Crippen molar-refractivity contribution in [3.05, 3.63) is 40.5 Å². The number of hydrogen-bond acceptors (Lipinski definition) is 5. The van der Waals surface area contributed by atoms with Gasteiger partial charge in [0.25, 0.3) is 0 Å². The van der Waals surface area contributed by atoms with E-state index in [0.717, 1.165) is 36.6 Å². The Bertz CT molecular complexity index is 611. The second kappa shape index (κ2) is 6.45. The van der Waals surface area contributed by atoms with Crippen LogP contribution in [0.1, 0.15) is 43.0 Å². The lowest BCUT2D eigenvalue weighted by atomic mass is 10.2. The Morgan fingerprint density at radius 1 is 1.43 bits per heavy atom. The van der Waals surface area contributed by atoms with Crippen LogP contribution in [0, 0.1) is 0 Å². The maximum Gasteiger partial charge on any atom is 0.229 e. The van der Waals surface area contributed by atoms with Gasteiger partial charge in [0.15, 0.2) is 6.61 Å². The molecule has 2 aromatic rings. The van der Waals surface area contributed by atoms with Crippen LogP contribution in [0.15, 0.2) is 22.7 Å². The zero-order valence-corrected chi connectivity index (χ0v) is 12.7. The van der Waals surface area contributed by atoms with Gasteiger partial charge in [0.2, 0.25) is 11.7 Å². The van der Waals surface area contributed by atoms with Crippen LogP contribution in [0.25, 0.3) is 0 Å². The Kier molecular flexibility index (Phi) is 4.41. The Balaban J connectivity index is 1.65. The van der Waals surface area contributed by atoms with E-state index in [4.69, 9.17) is 20.9 Å². The number of rotatable bonds is 7. The monoisotopic (exact) mass is 307 g/mol. The van der Waals surface area contributed by atoms with E-state index in [0.29, 0.717) is 29.9 Å². The Labute approximate surface area is 128 Å². The lowest BCUT2D eigenvalue weighted by Crippen LogP contribution is -2.13. The van der Waals surface area contributed by atoms with E-state index < -0.39 is 0 Å². The normalized spacial score (nSPS) is 14.4. The highest BCUT2D eigenvalue weighted by atomic mass is 35.5. The summed E-state index contributed by atoms with van der Waals surface area (Å²) in [6, 6.07) is 5.60. The molecule has 0 unspecified atom stereocenters. The van der Waals surface area contributed by atoms with Crippen LogP contribution in [0.2, 0.25) is 5.02 Å². The van der Waals surface area contributed by atoms with Crippen LogP contribution < -0.4 is 10.1 Å². The van der Waals surface area contributed by atoms with Gasteiger partial charge < -0.3 is 14.6 Å². The molecule has 6 heteroatoms. The summed E-state index contributed by atoms with van der Waals surface area (Å²) in [5.41, 5.74) is 1.02. The van der Waals surface area contributed by atoms with Crippen LogP contribution in [-0.2, 0) is 13.2 Å². The third-order valence-electron chi connectivity index (χ3n) is 3.36. The molecule has 1 aliphatic carbocycles. The van der Waals surface area contributed by atoms with Crippen LogP contribution in [0.5, 0.6) is 5.75 Å². The molecule has 1 aromatic heterocycles. The topological polar surface area (TPSA) is 60.2 Å². The molecular formula is C15H18ClN3O2. The van der Waals surface area contributed by atoms with Gasteiger partial charge in [0.05, 0.1) is 0 Å². The van der Waals surface area contributed by atoms with E-state index in [9.17, 15) is 0 Å². The smallest absolute Gasteiger partial charge is 0.229 e. The highest BCUT2D eigenvalue weighted by Crippen LogP contribution is 2.38. The second-order valence-corrected chi connectivity index (χ2v) is 5.58. The van der Waals surface area contributed by atoms with Gasteiger partial charge in [-0.2, -0.15) is 4.98 Å². The summed E-state index contributed by atoms with van der Waals surface area (Å²) < 4.78 is 11.0. The largest absolute Gasteiger partial charge is 0.485 e. The van der Waals surface area contributed by atoms with E-state index in [2.05, 4.69) is 22.4 Å². The molecule has 0 aliphatic heterocycles. The van der Waals surface area contributed by atoms with E-state index in [1.807, 2.05) is 18.2 Å². The van der Waals surface area contributed by atoms with Crippen molar-refractivity contribution >= 4 is 11.6 Å². The number of benzene rings is 1. The molecule has 1 aliphatic rings. The van der Waals surface area contributed by atoms with Crippen LogP contribution in [-0.4, -0.2) is 16.7 Å². The van der Waals surface area contributed by atoms with Crippen molar-refractivity contribution in [2.45, 2.75) is 38.8 Å². The maximum atomic E-state index is 6.04. The quantitative estimate of drug-likeness (QED) is 0.850. The predicted molar refractivity (Wildman–Crippen MR) is 79.4 cm³/mol. The SMILES string of the molecule is CCNCc1cc(Cl)ccc1OCc1noc(C2CC2)n1. The molecule has 0 bridgehead atoms. The van der Waals surface area contributed by atoms with Crippen LogP contribution in [0.3, 0.4) is 0 Å². The van der Waals surface area contributed by atoms with E-state index in [1.54, 1.807) is 0 Å². The molecule has 1 fully saturated rings. The first-order chi connectivity index (χ1) is 10.3. The average molecular weight is 308 g/mol. The van der Waals surface area contributed by atoms with Gasteiger partial charge in [-0.15, -0.1) is 0 Å². The minimum Gasteiger partial charge on any atom is -0.485 e. The third kappa shape index (κ3) is 3.74. The number of nitrogens with zero attached hydrogens (tertiary/aromatic N) is 2. The zero-order valence-electron chi connectivity index (χ0n) is 11.9. The Morgan fingerprint density at radius 2 is 2.29 bits per heavy atom. The van der Waals surface area contributed by atoms with Crippen molar-refractivity contribution in [2.24, 2.45) is 0 Å². The van der Waals surface area contributed by atoms with Gasteiger partial charge in [0.1, 0.15) is 5.75 Å². The molecule has 1 aromatic carbocycles. The summed E-state index contributed by atoms with van der Waals surface area (Å²) in [4.78, 5) is 4.35. The average Bonchev–Trinajstić information content (AvgIpc) is 3.23. The van der Waals surface area contributed by atoms with Crippen molar-refractivity contribution in [3.8, 4) is 5.75 Å². The lowest BCUT2D eigenvalue weighted by Gasteiger charge is -2.11. The second-order valence-electron chi connectivity index (χ2n) is 5.14. The highest BCUT2D eigenvalue weighted by molar-refractivity contribution is 6.30. The molecule has 0 atom stereocenters. The van der Waals surface area contributed by atoms with Crippen molar-refractivity contribution in [1.29, 1.82) is 0 Å². The minimum atomic E-state index is 0.303. The lowest BCUT2D eigenvalue weighted by molar-refractivity contribution is 0.282. The number of halogens is 1. The first kappa shape index (κ1) is 14.4. The molecule has 1 saturated carbocycles. The van der Waals surface area contributed by atoms with E-state index >= 15 is 0 Å². The van der Waals surface area contributed by atoms with Crippen LogP contribution >= 0.6 is 11.6 Å². The Morgan fingerprint density at radius 3 is 3.05 bits per heavy atom. The third-order valence-corrected chi connectivity index (χ3v) is 3.59. The zero-order chi connectivity index (χ0) is 14.7. The maximum absolute atomic E-state index is 6.04. The van der Waals surface area contributed by atoms with E-state index in [1.165, 1.54) is 0 Å². The molecule has 1 N–H and O–H groups in total. The van der Waals surface area contributed by atoms with Gasteiger partial charge in [0, 0.05) is 23.0 Å². The van der Waals surface area contributed by atoms with Crippen molar-refractivity contribution in [3.63, 3.8) is 0 Å². The standard InChI is InChI=1S/C15H18ClN3O2/c1-2-17-8-11-7-12(16)5-6-13(11)20-9-14-18-15(21-19-14)10-3-4-10/h5-7,10,17H,2-4,8-9H2,1H3. The van der Waals surface area contributed by atoms with Crippen molar-refractivity contribution < 1.29 is 9.26 Å². The number of hydrogen-bond donors (Lipinski definition) is 1. The van der Waals surface area contributed by atoms with Gasteiger partial charge in [-0.1, -0.05) is 23.7 Å². The molecule has 1 heterocycles. The Hall–Kier alpha value is -1.59. The van der Waals surface area contributed by atoms with Gasteiger partial charge >= 0.3 is 0 Å². The highest BCUT2D eigenvalue weighted by Gasteiger charge is 2.29. The van der Waals surface area contributed by atoms with Crippen molar-refractivity contribution in [2.75, 3.05) is 6.54 Å². The molecule has 0 radical (unpaired) electrons. The summed E-state index contributed by atoms with van der Waals surface area (Å²) >= 11 is 6.04. The van der Waals surface area contributed by atoms with Gasteiger partial charge in [-0.05, 0) is 37.6 Å². The van der Waals surface area contributed by atoms with Crippen LogP contribution in [0.4, 0.5) is 0 Å². The van der Waals surface area contributed by atoms with Crippen molar-refractivity contribution in [1.82, 2.24) is 15.5 Å². The first-order valence-corrected chi connectivity index (χ1v) is 7.58. The number of nitrogens with one attached hydrogen (secondary N) is 1. The molecule has 112 valence electrons. The summed E-state index contributed by atoms with van der Waals surface area (Å²) in [5, 5.41) is 7.92. The van der Waals surface area contributed by atoms with Gasteiger partial charge in [-0.25, -0.2) is 0 Å². The first-order valence-electron chi connectivity index (χ1n) is 7.20. The predicted octanol–water partition coefficient (Wildman–Crippen LogP) is 3.29. The minimum absolute atomic E-state index is 0.303. The summed E-state index contributed by atoms with van der Waals surface area (Å²) in [7, 11) is 0.